The second-order valence-electron chi connectivity index (χ2n) is 5.29. The van der Waals surface area contributed by atoms with Gasteiger partial charge in [-0.1, -0.05) is 6.07 Å². The van der Waals surface area contributed by atoms with Crippen LogP contribution in [-0.4, -0.2) is 26.0 Å². The lowest BCUT2D eigenvalue weighted by atomic mass is 9.89. The predicted molar refractivity (Wildman–Crippen MR) is 73.3 cm³/mol. The third-order valence-electron chi connectivity index (χ3n) is 3.87. The van der Waals surface area contributed by atoms with Gasteiger partial charge in [-0.3, -0.25) is 4.79 Å². The first kappa shape index (κ1) is 13.8. The first-order chi connectivity index (χ1) is 9.00. The van der Waals surface area contributed by atoms with E-state index < -0.39 is 5.41 Å². The summed E-state index contributed by atoms with van der Waals surface area (Å²) in [7, 11) is 1.64. The van der Waals surface area contributed by atoms with E-state index in [1.165, 1.54) is 6.07 Å². The van der Waals surface area contributed by atoms with E-state index in [9.17, 15) is 9.18 Å². The lowest BCUT2D eigenvalue weighted by molar-refractivity contribution is -0.128. The van der Waals surface area contributed by atoms with Crippen molar-refractivity contribution in [2.75, 3.05) is 25.0 Å². The monoisotopic (exact) mass is 265 g/mol. The molecule has 0 aliphatic carbocycles. The number of rotatable bonds is 3. The van der Waals surface area contributed by atoms with Crippen molar-refractivity contribution >= 4 is 11.6 Å². The topological polar surface area (TPSA) is 58.4 Å². The van der Waals surface area contributed by atoms with Gasteiger partial charge in [0.2, 0.25) is 5.91 Å². The maximum absolute atomic E-state index is 13.7. The van der Waals surface area contributed by atoms with Gasteiger partial charge in [-0.05, 0) is 25.5 Å². The van der Waals surface area contributed by atoms with E-state index >= 15 is 0 Å². The van der Waals surface area contributed by atoms with Crippen LogP contribution in [0.25, 0.3) is 0 Å². The lowest BCUT2D eigenvalue weighted by Crippen LogP contribution is -2.39. The Morgan fingerprint density at radius 2 is 2.32 bits per heavy atom. The lowest BCUT2D eigenvalue weighted by Gasteiger charge is -2.24. The number of amides is 1. The van der Waals surface area contributed by atoms with Gasteiger partial charge in [0.25, 0.3) is 0 Å². The van der Waals surface area contributed by atoms with Gasteiger partial charge in [-0.15, -0.1) is 0 Å². The number of carbonyl (C=O) groups excluding carboxylic acids is 1. The fourth-order valence-corrected chi connectivity index (χ4v) is 2.57. The van der Waals surface area contributed by atoms with Gasteiger partial charge in [-0.25, -0.2) is 4.39 Å². The van der Waals surface area contributed by atoms with Gasteiger partial charge < -0.3 is 16.0 Å². The van der Waals surface area contributed by atoms with Crippen molar-refractivity contribution in [3.8, 4) is 0 Å². The highest BCUT2D eigenvalue weighted by Crippen LogP contribution is 2.33. The van der Waals surface area contributed by atoms with Crippen LogP contribution < -0.4 is 16.0 Å². The Hall–Kier alpha value is -1.62. The van der Waals surface area contributed by atoms with Crippen molar-refractivity contribution in [2.45, 2.75) is 19.9 Å². The van der Waals surface area contributed by atoms with Crippen molar-refractivity contribution in [1.29, 1.82) is 0 Å². The molecule has 1 aliphatic rings. The molecule has 1 heterocycles. The summed E-state index contributed by atoms with van der Waals surface area (Å²) in [6.07, 6.45) is 0.771. The van der Waals surface area contributed by atoms with Crippen LogP contribution in [-0.2, 0) is 11.3 Å². The van der Waals surface area contributed by atoms with E-state index in [-0.39, 0.29) is 18.3 Å². The molecule has 19 heavy (non-hydrogen) atoms. The van der Waals surface area contributed by atoms with Crippen molar-refractivity contribution in [2.24, 2.45) is 11.1 Å². The van der Waals surface area contributed by atoms with Gasteiger partial charge in [0, 0.05) is 37.9 Å². The van der Waals surface area contributed by atoms with E-state index in [1.54, 1.807) is 13.1 Å². The summed E-state index contributed by atoms with van der Waals surface area (Å²) in [6, 6.07) is 5.07. The molecule has 5 heteroatoms. The second kappa shape index (κ2) is 5.17. The Balaban J connectivity index is 2.17. The Morgan fingerprint density at radius 1 is 1.58 bits per heavy atom. The minimum Gasteiger partial charge on any atom is -0.370 e. The summed E-state index contributed by atoms with van der Waals surface area (Å²) < 4.78 is 13.7. The maximum atomic E-state index is 13.7. The fourth-order valence-electron chi connectivity index (χ4n) is 2.57. The Bertz CT molecular complexity index is 492. The van der Waals surface area contributed by atoms with E-state index in [4.69, 9.17) is 5.73 Å². The Morgan fingerprint density at radius 3 is 2.89 bits per heavy atom. The average Bonchev–Trinajstić information content (AvgIpc) is 2.81. The SMILES string of the molecule is CNC(=O)C1(C)CCN(c2ccc(CN)c(F)c2)C1. The molecule has 1 aromatic carbocycles. The highest BCUT2D eigenvalue weighted by molar-refractivity contribution is 5.83. The van der Waals surface area contributed by atoms with Crippen molar-refractivity contribution in [1.82, 2.24) is 5.32 Å². The van der Waals surface area contributed by atoms with Crippen LogP contribution in [0.4, 0.5) is 10.1 Å². The molecule has 0 saturated carbocycles. The maximum Gasteiger partial charge on any atom is 0.227 e. The minimum atomic E-state index is -0.405. The van der Waals surface area contributed by atoms with Crippen LogP contribution in [0.1, 0.15) is 18.9 Å². The van der Waals surface area contributed by atoms with Gasteiger partial charge in [0.1, 0.15) is 5.82 Å². The van der Waals surface area contributed by atoms with Crippen LogP contribution in [0, 0.1) is 11.2 Å². The zero-order chi connectivity index (χ0) is 14.0. The standard InChI is InChI=1S/C14H20FN3O/c1-14(13(19)17-2)5-6-18(9-14)11-4-3-10(8-16)12(15)7-11/h3-4,7H,5-6,8-9,16H2,1-2H3,(H,17,19). The van der Waals surface area contributed by atoms with Crippen molar-refractivity contribution in [3.63, 3.8) is 0 Å². The van der Waals surface area contributed by atoms with Crippen LogP contribution in [0.3, 0.4) is 0 Å². The van der Waals surface area contributed by atoms with Gasteiger partial charge >= 0.3 is 0 Å². The number of benzene rings is 1. The molecule has 0 bridgehead atoms. The van der Waals surface area contributed by atoms with Crippen LogP contribution in [0.2, 0.25) is 0 Å². The number of hydrogen-bond donors (Lipinski definition) is 2. The Labute approximate surface area is 112 Å². The van der Waals surface area contributed by atoms with E-state index in [2.05, 4.69) is 5.32 Å². The zero-order valence-corrected chi connectivity index (χ0v) is 11.4. The van der Waals surface area contributed by atoms with Crippen LogP contribution >= 0.6 is 0 Å². The molecular weight excluding hydrogens is 245 g/mol. The molecule has 0 spiro atoms. The molecule has 3 N–H and O–H groups in total. The zero-order valence-electron chi connectivity index (χ0n) is 11.4. The van der Waals surface area contributed by atoms with Crippen LogP contribution in [0.5, 0.6) is 0 Å². The summed E-state index contributed by atoms with van der Waals surface area (Å²) in [6.45, 7) is 3.50. The van der Waals surface area contributed by atoms with E-state index in [1.807, 2.05) is 17.9 Å². The smallest absolute Gasteiger partial charge is 0.227 e. The molecular formula is C14H20FN3O. The summed E-state index contributed by atoms with van der Waals surface area (Å²) in [5, 5.41) is 2.69. The molecule has 1 aromatic rings. The Kier molecular flexibility index (Phi) is 3.75. The number of anilines is 1. The molecule has 0 aromatic heterocycles. The largest absolute Gasteiger partial charge is 0.370 e. The van der Waals surface area contributed by atoms with Gasteiger partial charge in [-0.2, -0.15) is 0 Å². The number of nitrogens with one attached hydrogen (secondary N) is 1. The normalized spacial score (nSPS) is 22.6. The van der Waals surface area contributed by atoms with Gasteiger partial charge in [0.15, 0.2) is 0 Å². The second-order valence-corrected chi connectivity index (χ2v) is 5.29. The van der Waals surface area contributed by atoms with Crippen molar-refractivity contribution < 1.29 is 9.18 Å². The third kappa shape index (κ3) is 2.56. The highest BCUT2D eigenvalue weighted by atomic mass is 19.1. The summed E-state index contributed by atoms with van der Waals surface area (Å²) in [4.78, 5) is 13.9. The highest BCUT2D eigenvalue weighted by Gasteiger charge is 2.39. The predicted octanol–water partition coefficient (Wildman–Crippen LogP) is 1.25. The number of nitrogens with zero attached hydrogens (tertiary/aromatic N) is 1. The third-order valence-corrected chi connectivity index (χ3v) is 3.87. The van der Waals surface area contributed by atoms with E-state index in [0.29, 0.717) is 12.1 Å². The molecule has 1 aliphatic heterocycles. The quantitative estimate of drug-likeness (QED) is 0.864. The first-order valence-corrected chi connectivity index (χ1v) is 6.46. The fraction of sp³-hybridized carbons (Fsp3) is 0.500. The molecule has 1 amide bonds. The van der Waals surface area contributed by atoms with Gasteiger partial charge in [0.05, 0.1) is 5.41 Å². The first-order valence-electron chi connectivity index (χ1n) is 6.46. The molecule has 4 nitrogen and oxygen atoms in total. The number of nitrogens with two attached hydrogens (primary N) is 1. The minimum absolute atomic E-state index is 0.0362. The molecule has 2 rings (SSSR count). The van der Waals surface area contributed by atoms with Crippen molar-refractivity contribution in [3.05, 3.63) is 29.6 Å². The van der Waals surface area contributed by atoms with E-state index in [0.717, 1.165) is 18.7 Å². The molecule has 1 saturated heterocycles. The average molecular weight is 265 g/mol. The van der Waals surface area contributed by atoms with Crippen LogP contribution in [0.15, 0.2) is 18.2 Å². The molecule has 1 fully saturated rings. The summed E-state index contributed by atoms with van der Waals surface area (Å²) >= 11 is 0. The summed E-state index contributed by atoms with van der Waals surface area (Å²) in [5.74, 6) is -0.248. The molecule has 1 unspecified atom stereocenters. The molecule has 104 valence electrons. The number of halogens is 1. The molecule has 0 radical (unpaired) electrons. The summed E-state index contributed by atoms with van der Waals surface area (Å²) in [5.41, 5.74) is 6.36. The molecule has 1 atom stereocenters. The number of hydrogen-bond acceptors (Lipinski definition) is 3. The number of carbonyl (C=O) groups is 1.